The van der Waals surface area contributed by atoms with E-state index in [0.717, 1.165) is 31.7 Å². The smallest absolute Gasteiger partial charge is 0.417 e. The van der Waals surface area contributed by atoms with Crippen LogP contribution in [0.25, 0.3) is 0 Å². The summed E-state index contributed by atoms with van der Waals surface area (Å²) in [6.07, 6.45) is -4.27. The summed E-state index contributed by atoms with van der Waals surface area (Å²) in [5, 5.41) is 14.6. The van der Waals surface area contributed by atoms with Crippen LogP contribution < -0.4 is 19.3 Å². The van der Waals surface area contributed by atoms with Crippen LogP contribution in [0, 0.1) is 11.8 Å². The first-order valence-corrected chi connectivity index (χ1v) is 25.6. The monoisotopic (exact) mass is 960 g/mol. The van der Waals surface area contributed by atoms with Crippen LogP contribution in [0.1, 0.15) is 45.2 Å². The van der Waals surface area contributed by atoms with Crippen LogP contribution in [0.4, 0.5) is 4.79 Å². The Kier molecular flexibility index (Phi) is 18.3. The molecule has 0 aliphatic carbocycles. The van der Waals surface area contributed by atoms with Gasteiger partial charge in [-0.1, -0.05) is 38.1 Å². The molecule has 3 aromatic rings. The number of hydrogen-bond donors (Lipinski definition) is 2. The van der Waals surface area contributed by atoms with Crippen molar-refractivity contribution < 1.29 is 65.1 Å². The lowest BCUT2D eigenvalue weighted by Gasteiger charge is -2.32. The molecule has 66 heavy (non-hydrogen) atoms. The Morgan fingerprint density at radius 1 is 0.939 bits per heavy atom. The Morgan fingerprint density at radius 2 is 1.65 bits per heavy atom. The van der Waals surface area contributed by atoms with E-state index in [4.69, 9.17) is 37.5 Å². The minimum absolute atomic E-state index is 0.0238. The average Bonchev–Trinajstić information content (AvgIpc) is 3.92. The Hall–Kier alpha value is -4.30. The van der Waals surface area contributed by atoms with Crippen molar-refractivity contribution in [2.75, 3.05) is 79.6 Å². The van der Waals surface area contributed by atoms with Gasteiger partial charge >= 0.3 is 19.7 Å². The number of rotatable bonds is 23. The number of carbonyl (C=O) groups is 2. The zero-order chi connectivity index (χ0) is 47.4. The number of nitrogens with one attached hydrogen (secondary N) is 1. The van der Waals surface area contributed by atoms with E-state index >= 15 is 0 Å². The summed E-state index contributed by atoms with van der Waals surface area (Å²) in [5.74, 6) is 0.129. The van der Waals surface area contributed by atoms with E-state index in [9.17, 15) is 27.7 Å². The van der Waals surface area contributed by atoms with Gasteiger partial charge in [0.2, 0.25) is 16.4 Å². The SMILES string of the molecule is CCOC(=O)C(C)OP(=O)(COc1ccc(C[C@H](NC(=O)O[C@H]2CO[C@H]3OCC[C@H]32)[C@H](O)CN(CC(C)C)S(=O)(=O)c2ccc(OC)cc2)cc1)Oc1cccc(CN2CCN(C)CC2)c1. The number of carbonyl (C=O) groups excluding carboxylic acids is 2. The predicted octanol–water partition coefficient (Wildman–Crippen LogP) is 5.13. The molecule has 0 aromatic heterocycles. The summed E-state index contributed by atoms with van der Waals surface area (Å²) in [6, 6.07) is 18.8. The lowest BCUT2D eigenvalue weighted by atomic mass is 10.0. The summed E-state index contributed by atoms with van der Waals surface area (Å²) >= 11 is 0. The van der Waals surface area contributed by atoms with Crippen molar-refractivity contribution in [2.24, 2.45) is 11.8 Å². The molecule has 2 unspecified atom stereocenters. The zero-order valence-corrected chi connectivity index (χ0v) is 40.3. The highest BCUT2D eigenvalue weighted by atomic mass is 32.2. The number of amides is 1. The summed E-state index contributed by atoms with van der Waals surface area (Å²) in [7, 11) is -4.69. The predicted molar refractivity (Wildman–Crippen MR) is 244 cm³/mol. The van der Waals surface area contributed by atoms with Gasteiger partial charge in [0, 0.05) is 45.8 Å². The van der Waals surface area contributed by atoms with Crippen LogP contribution in [0.5, 0.6) is 17.2 Å². The van der Waals surface area contributed by atoms with Crippen molar-refractivity contribution >= 4 is 29.7 Å². The van der Waals surface area contributed by atoms with Crippen LogP contribution >= 0.6 is 7.60 Å². The molecule has 18 nitrogen and oxygen atoms in total. The normalized spacial score (nSPS) is 21.4. The van der Waals surface area contributed by atoms with Gasteiger partial charge in [-0.2, -0.15) is 4.31 Å². The number of likely N-dealkylation sites (N-methyl/N-ethyl adjacent to an activating group) is 1. The fourth-order valence-corrected chi connectivity index (χ4v) is 11.0. The summed E-state index contributed by atoms with van der Waals surface area (Å²) in [5.41, 5.74) is 1.60. The van der Waals surface area contributed by atoms with Crippen LogP contribution in [0.3, 0.4) is 0 Å². The number of fused-ring (bicyclic) bond motifs is 1. The highest BCUT2D eigenvalue weighted by Gasteiger charge is 2.44. The quantitative estimate of drug-likeness (QED) is 0.0936. The lowest BCUT2D eigenvalue weighted by molar-refractivity contribution is -0.150. The van der Waals surface area contributed by atoms with E-state index in [0.29, 0.717) is 30.9 Å². The van der Waals surface area contributed by atoms with E-state index in [1.165, 1.54) is 30.5 Å². The van der Waals surface area contributed by atoms with E-state index in [1.807, 2.05) is 26.0 Å². The molecule has 0 radical (unpaired) electrons. The first-order valence-electron chi connectivity index (χ1n) is 22.4. The molecule has 3 heterocycles. The Labute approximate surface area is 388 Å². The fraction of sp³-hybridized carbons (Fsp3) is 0.565. The summed E-state index contributed by atoms with van der Waals surface area (Å²) in [4.78, 5) is 30.7. The molecule has 2 N–H and O–H groups in total. The third-order valence-corrected chi connectivity index (χ3v) is 14.9. The minimum atomic E-state index is -4.17. The van der Waals surface area contributed by atoms with Gasteiger partial charge in [0.1, 0.15) is 23.4 Å². The molecule has 1 amide bonds. The van der Waals surface area contributed by atoms with Crippen molar-refractivity contribution in [1.29, 1.82) is 0 Å². The van der Waals surface area contributed by atoms with E-state index < -0.39 is 66.7 Å². The number of sulfonamides is 1. The fourth-order valence-electron chi connectivity index (χ4n) is 7.94. The Bertz CT molecular complexity index is 2190. The van der Waals surface area contributed by atoms with E-state index in [-0.39, 0.29) is 61.0 Å². The molecule has 0 saturated carbocycles. The number of methoxy groups -OCH3 is 1. The molecule has 20 heteroatoms. The molecular weight excluding hydrogens is 896 g/mol. The maximum atomic E-state index is 14.4. The third kappa shape index (κ3) is 14.4. The molecule has 3 saturated heterocycles. The standard InChI is InChI=1S/C46H65N4O14PS/c1-7-58-44(52)33(4)63-65(54,64-38-10-8-9-35(25-38)28-49-22-20-48(5)21-23-49)31-61-37-13-11-34(12-14-37)26-41(47-46(53)62-43-30-60-45-40(43)19-24-59-45)42(51)29-50(27-32(2)3)66(55,56)39-17-15-36(57-6)16-18-39/h8-18,25,32-33,40-43,45,51H,7,19-24,26-31H2,1-6H3,(H,47,53)/t33?,40-,41-,42+,43-,45+,65?/m0/s1. The van der Waals surface area contributed by atoms with Crippen molar-refractivity contribution in [3.8, 4) is 17.2 Å². The number of alkyl carbamates (subject to hydrolysis) is 1. The zero-order valence-electron chi connectivity index (χ0n) is 38.6. The molecule has 0 bridgehead atoms. The number of hydrogen-bond acceptors (Lipinski definition) is 16. The number of ether oxygens (including phenoxy) is 6. The molecular formula is C46H65N4O14PS. The average molecular weight is 961 g/mol. The molecule has 3 fully saturated rings. The second-order valence-corrected chi connectivity index (χ2v) is 21.0. The number of benzene rings is 3. The van der Waals surface area contributed by atoms with Gasteiger partial charge in [0.25, 0.3) is 0 Å². The first-order chi connectivity index (χ1) is 31.5. The van der Waals surface area contributed by atoms with Crippen molar-refractivity contribution in [2.45, 2.75) is 82.6 Å². The number of aliphatic hydroxyl groups is 1. The number of piperazine rings is 1. The second-order valence-electron chi connectivity index (χ2n) is 17.2. The largest absolute Gasteiger partial charge is 0.497 e. The number of aliphatic hydroxyl groups excluding tert-OH is 1. The number of nitrogens with zero attached hydrogens (tertiary/aromatic N) is 3. The van der Waals surface area contributed by atoms with Crippen LogP contribution in [-0.4, -0.2) is 150 Å². The molecule has 3 aliphatic heterocycles. The van der Waals surface area contributed by atoms with Gasteiger partial charge in [-0.3, -0.25) is 9.42 Å². The molecule has 6 rings (SSSR count). The van der Waals surface area contributed by atoms with Gasteiger partial charge in [-0.15, -0.1) is 0 Å². The van der Waals surface area contributed by atoms with Crippen LogP contribution in [0.2, 0.25) is 0 Å². The van der Waals surface area contributed by atoms with Crippen molar-refractivity contribution in [3.05, 3.63) is 83.9 Å². The summed E-state index contributed by atoms with van der Waals surface area (Å²) in [6.45, 7) is 11.8. The maximum absolute atomic E-state index is 14.4. The van der Waals surface area contributed by atoms with Gasteiger partial charge in [-0.05, 0) is 99.3 Å². The van der Waals surface area contributed by atoms with Gasteiger partial charge in [0.05, 0.1) is 49.9 Å². The van der Waals surface area contributed by atoms with Crippen LogP contribution in [0.15, 0.2) is 77.7 Å². The highest BCUT2D eigenvalue weighted by molar-refractivity contribution is 7.89. The lowest BCUT2D eigenvalue weighted by Crippen LogP contribution is -2.51. The third-order valence-electron chi connectivity index (χ3n) is 11.5. The van der Waals surface area contributed by atoms with Gasteiger partial charge in [0.15, 0.2) is 12.4 Å². The van der Waals surface area contributed by atoms with E-state index in [1.54, 1.807) is 55.5 Å². The Morgan fingerprint density at radius 3 is 2.33 bits per heavy atom. The molecule has 3 aliphatic rings. The summed E-state index contributed by atoms with van der Waals surface area (Å²) < 4.78 is 88.7. The molecule has 7 atom stereocenters. The second kappa shape index (κ2) is 23.6. The van der Waals surface area contributed by atoms with E-state index in [2.05, 4.69) is 22.2 Å². The molecule has 364 valence electrons. The van der Waals surface area contributed by atoms with Crippen LogP contribution in [-0.2, 0) is 55.8 Å². The maximum Gasteiger partial charge on any atom is 0.417 e. The number of esters is 1. The molecule has 3 aromatic carbocycles. The minimum Gasteiger partial charge on any atom is -0.497 e. The Balaban J connectivity index is 1.17. The van der Waals surface area contributed by atoms with Crippen molar-refractivity contribution in [3.63, 3.8) is 0 Å². The van der Waals surface area contributed by atoms with Crippen molar-refractivity contribution in [1.82, 2.24) is 19.4 Å². The van der Waals surface area contributed by atoms with Gasteiger partial charge < -0.3 is 48.3 Å². The molecule has 0 spiro atoms. The van der Waals surface area contributed by atoms with Gasteiger partial charge in [-0.25, -0.2) is 22.6 Å². The first kappa shape index (κ1) is 51.1. The topological polar surface area (TPSA) is 201 Å². The highest BCUT2D eigenvalue weighted by Crippen LogP contribution is 2.50.